The van der Waals surface area contributed by atoms with E-state index in [1.165, 1.54) is 12.1 Å². The number of hydrogen-bond donors (Lipinski definition) is 1. The fourth-order valence-electron chi connectivity index (χ4n) is 2.67. The summed E-state index contributed by atoms with van der Waals surface area (Å²) in [5.41, 5.74) is 3.87. The Morgan fingerprint density at radius 2 is 2.06 bits per heavy atom. The molecule has 0 atom stereocenters. The van der Waals surface area contributed by atoms with Gasteiger partial charge in [0.05, 0.1) is 12.1 Å². The summed E-state index contributed by atoms with van der Waals surface area (Å²) < 4.78 is 13.3. The van der Waals surface area contributed by atoms with Gasteiger partial charge in [-0.1, -0.05) is 0 Å². The van der Waals surface area contributed by atoms with Crippen molar-refractivity contribution < 1.29 is 9.50 Å². The van der Waals surface area contributed by atoms with E-state index in [-0.39, 0.29) is 12.4 Å². The first-order valence-electron chi connectivity index (χ1n) is 6.00. The van der Waals surface area contributed by atoms with E-state index < -0.39 is 0 Å². The summed E-state index contributed by atoms with van der Waals surface area (Å²) in [4.78, 5) is 4.59. The third kappa shape index (κ3) is 1.71. The van der Waals surface area contributed by atoms with Crippen LogP contribution >= 0.6 is 0 Å². The first kappa shape index (κ1) is 10.7. The van der Waals surface area contributed by atoms with Crippen LogP contribution in [0.1, 0.15) is 29.7 Å². The van der Waals surface area contributed by atoms with Crippen molar-refractivity contribution in [3.63, 3.8) is 0 Å². The zero-order chi connectivity index (χ0) is 11.8. The SMILES string of the molecule is OCc1c2c(nc3ccc(F)cc13)CCCC2. The van der Waals surface area contributed by atoms with Crippen molar-refractivity contribution in [2.24, 2.45) is 0 Å². The lowest BCUT2D eigenvalue weighted by Gasteiger charge is -2.19. The van der Waals surface area contributed by atoms with Gasteiger partial charge in [0.15, 0.2) is 0 Å². The molecule has 1 N–H and O–H groups in total. The Bertz CT molecular complexity index is 580. The molecule has 0 saturated heterocycles. The highest BCUT2D eigenvalue weighted by Crippen LogP contribution is 2.29. The van der Waals surface area contributed by atoms with Gasteiger partial charge in [0.25, 0.3) is 0 Å². The number of aromatic nitrogens is 1. The minimum Gasteiger partial charge on any atom is -0.392 e. The Hall–Kier alpha value is -1.48. The van der Waals surface area contributed by atoms with Gasteiger partial charge >= 0.3 is 0 Å². The number of benzene rings is 1. The van der Waals surface area contributed by atoms with Crippen molar-refractivity contribution in [1.29, 1.82) is 0 Å². The molecule has 3 heteroatoms. The molecule has 1 aromatic heterocycles. The predicted molar refractivity (Wildman–Crippen MR) is 64.3 cm³/mol. The summed E-state index contributed by atoms with van der Waals surface area (Å²) in [5.74, 6) is -0.273. The Morgan fingerprint density at radius 1 is 1.24 bits per heavy atom. The van der Waals surface area contributed by atoms with Gasteiger partial charge in [-0.25, -0.2) is 4.39 Å². The van der Waals surface area contributed by atoms with Crippen molar-refractivity contribution in [3.05, 3.63) is 40.8 Å². The van der Waals surface area contributed by atoms with E-state index in [9.17, 15) is 9.50 Å². The summed E-state index contributed by atoms with van der Waals surface area (Å²) in [6, 6.07) is 4.59. The normalized spacial score (nSPS) is 14.9. The predicted octanol–water partition coefficient (Wildman–Crippen LogP) is 2.75. The third-order valence-corrected chi connectivity index (χ3v) is 3.50. The second-order valence-corrected chi connectivity index (χ2v) is 4.54. The van der Waals surface area contributed by atoms with Crippen LogP contribution in [0.5, 0.6) is 0 Å². The quantitative estimate of drug-likeness (QED) is 0.818. The molecule has 0 fully saturated rings. The number of hydrogen-bond acceptors (Lipinski definition) is 2. The fourth-order valence-corrected chi connectivity index (χ4v) is 2.67. The zero-order valence-electron chi connectivity index (χ0n) is 9.54. The Kier molecular flexibility index (Phi) is 2.56. The molecule has 0 spiro atoms. The molecule has 88 valence electrons. The number of nitrogens with zero attached hydrogens (tertiary/aromatic N) is 1. The molecule has 0 aliphatic heterocycles. The molecule has 1 heterocycles. The van der Waals surface area contributed by atoms with Gasteiger partial charge in [-0.05, 0) is 55.0 Å². The lowest BCUT2D eigenvalue weighted by atomic mass is 9.90. The van der Waals surface area contributed by atoms with Crippen LogP contribution in [0.25, 0.3) is 10.9 Å². The number of rotatable bonds is 1. The molecule has 0 saturated carbocycles. The largest absolute Gasteiger partial charge is 0.392 e. The number of pyridine rings is 1. The van der Waals surface area contributed by atoms with Gasteiger partial charge in [-0.3, -0.25) is 4.98 Å². The Morgan fingerprint density at radius 3 is 2.88 bits per heavy atom. The monoisotopic (exact) mass is 231 g/mol. The van der Waals surface area contributed by atoms with Crippen LogP contribution in [0, 0.1) is 5.82 Å². The number of aliphatic hydroxyl groups excluding tert-OH is 1. The molecular weight excluding hydrogens is 217 g/mol. The van der Waals surface area contributed by atoms with Crippen molar-refractivity contribution in [3.8, 4) is 0 Å². The minimum absolute atomic E-state index is 0.0369. The van der Waals surface area contributed by atoms with Crippen LogP contribution in [0.15, 0.2) is 18.2 Å². The summed E-state index contributed by atoms with van der Waals surface area (Å²) in [6.07, 6.45) is 4.19. The van der Waals surface area contributed by atoms with Crippen LogP contribution in [0.4, 0.5) is 4.39 Å². The molecule has 0 unspecified atom stereocenters. The van der Waals surface area contributed by atoms with E-state index in [2.05, 4.69) is 4.98 Å². The summed E-state index contributed by atoms with van der Waals surface area (Å²) in [5, 5.41) is 10.3. The molecule has 0 bridgehead atoms. The fraction of sp³-hybridized carbons (Fsp3) is 0.357. The van der Waals surface area contributed by atoms with E-state index >= 15 is 0 Å². The molecule has 1 aromatic carbocycles. The van der Waals surface area contributed by atoms with Crippen molar-refractivity contribution in [2.75, 3.05) is 0 Å². The summed E-state index contributed by atoms with van der Waals surface area (Å²) in [6.45, 7) is -0.0369. The van der Waals surface area contributed by atoms with Gasteiger partial charge in [0.2, 0.25) is 0 Å². The van der Waals surface area contributed by atoms with Crippen molar-refractivity contribution in [2.45, 2.75) is 32.3 Å². The maximum Gasteiger partial charge on any atom is 0.123 e. The first-order chi connectivity index (χ1) is 8.29. The van der Waals surface area contributed by atoms with Crippen LogP contribution in [-0.4, -0.2) is 10.1 Å². The van der Waals surface area contributed by atoms with Gasteiger partial charge < -0.3 is 5.11 Å². The maximum absolute atomic E-state index is 13.3. The van der Waals surface area contributed by atoms with Crippen molar-refractivity contribution in [1.82, 2.24) is 4.98 Å². The van der Waals surface area contributed by atoms with E-state index in [1.54, 1.807) is 6.07 Å². The van der Waals surface area contributed by atoms with Crippen molar-refractivity contribution >= 4 is 10.9 Å². The van der Waals surface area contributed by atoms with Gasteiger partial charge in [-0.15, -0.1) is 0 Å². The highest BCUT2D eigenvalue weighted by molar-refractivity contribution is 5.83. The number of halogens is 1. The highest BCUT2D eigenvalue weighted by Gasteiger charge is 2.17. The molecule has 2 aromatic rings. The second-order valence-electron chi connectivity index (χ2n) is 4.54. The smallest absolute Gasteiger partial charge is 0.123 e. The average Bonchev–Trinajstić information content (AvgIpc) is 2.36. The van der Waals surface area contributed by atoms with Gasteiger partial charge in [0.1, 0.15) is 5.82 Å². The van der Waals surface area contributed by atoms with E-state index in [0.29, 0.717) is 0 Å². The van der Waals surface area contributed by atoms with Crippen LogP contribution in [-0.2, 0) is 19.4 Å². The molecule has 1 aliphatic rings. The zero-order valence-corrected chi connectivity index (χ0v) is 9.54. The molecule has 0 radical (unpaired) electrons. The molecule has 2 nitrogen and oxygen atoms in total. The highest BCUT2D eigenvalue weighted by atomic mass is 19.1. The van der Waals surface area contributed by atoms with Crippen LogP contribution in [0.3, 0.4) is 0 Å². The lowest BCUT2D eigenvalue weighted by molar-refractivity contribution is 0.281. The average molecular weight is 231 g/mol. The molecule has 1 aliphatic carbocycles. The maximum atomic E-state index is 13.3. The molecule has 17 heavy (non-hydrogen) atoms. The lowest BCUT2D eigenvalue weighted by Crippen LogP contribution is -2.10. The standard InChI is InChI=1S/C14H14FNO/c15-9-5-6-14-11(7-9)12(8-17)10-3-1-2-4-13(10)16-14/h5-7,17H,1-4,8H2. The Labute approximate surface area is 99.1 Å². The third-order valence-electron chi connectivity index (χ3n) is 3.50. The van der Waals surface area contributed by atoms with Crippen LogP contribution in [0.2, 0.25) is 0 Å². The topological polar surface area (TPSA) is 33.1 Å². The number of fused-ring (bicyclic) bond motifs is 2. The molecular formula is C14H14FNO. The first-order valence-corrected chi connectivity index (χ1v) is 6.00. The van der Waals surface area contributed by atoms with E-state index in [1.807, 2.05) is 0 Å². The van der Waals surface area contributed by atoms with Gasteiger partial charge in [0, 0.05) is 11.1 Å². The minimum atomic E-state index is -0.273. The van der Waals surface area contributed by atoms with E-state index in [4.69, 9.17) is 0 Å². The number of aryl methyl sites for hydroxylation is 1. The summed E-state index contributed by atoms with van der Waals surface area (Å²) in [7, 11) is 0. The Balaban J connectivity index is 2.35. The number of aliphatic hydroxyl groups is 1. The van der Waals surface area contributed by atoms with E-state index in [0.717, 1.165) is 53.4 Å². The van der Waals surface area contributed by atoms with Crippen LogP contribution < -0.4 is 0 Å². The van der Waals surface area contributed by atoms with Gasteiger partial charge in [-0.2, -0.15) is 0 Å². The second kappa shape index (κ2) is 4.08. The molecule has 3 rings (SSSR count). The summed E-state index contributed by atoms with van der Waals surface area (Å²) >= 11 is 0. The molecule has 0 amide bonds.